The first-order valence-corrected chi connectivity index (χ1v) is 12.0. The van der Waals surface area contributed by atoms with Gasteiger partial charge in [0.15, 0.2) is 5.78 Å². The largest absolute Gasteiger partial charge is 0.497 e. The van der Waals surface area contributed by atoms with Gasteiger partial charge in [-0.25, -0.2) is 0 Å². The number of nitrogens with zero attached hydrogens (tertiary/aromatic N) is 2. The lowest BCUT2D eigenvalue weighted by atomic mass is 9.88. The van der Waals surface area contributed by atoms with Crippen molar-refractivity contribution in [1.82, 2.24) is 9.80 Å². The topological polar surface area (TPSA) is 51.2 Å². The van der Waals surface area contributed by atoms with E-state index in [1.807, 2.05) is 24.3 Å². The molecule has 0 aliphatic carbocycles. The van der Waals surface area contributed by atoms with Crippen molar-refractivity contribution in [3.05, 3.63) is 65.2 Å². The molecule has 6 nitrogen and oxygen atoms in total. The highest BCUT2D eigenvalue weighted by Crippen LogP contribution is 2.33. The van der Waals surface area contributed by atoms with Crippen molar-refractivity contribution in [1.29, 1.82) is 0 Å². The number of carbonyl (C=O) groups is 1. The van der Waals surface area contributed by atoms with E-state index >= 15 is 0 Å². The van der Waals surface area contributed by atoms with Crippen LogP contribution >= 0.6 is 0 Å². The summed E-state index contributed by atoms with van der Waals surface area (Å²) in [4.78, 5) is 18.9. The summed E-state index contributed by atoms with van der Waals surface area (Å²) in [7, 11) is 1.68. The maximum absolute atomic E-state index is 14.1. The lowest BCUT2D eigenvalue weighted by Crippen LogP contribution is -2.55. The predicted octanol–water partition coefficient (Wildman–Crippen LogP) is 3.78. The van der Waals surface area contributed by atoms with Crippen LogP contribution in [0.2, 0.25) is 0 Å². The molecule has 0 aromatic heterocycles. The Morgan fingerprint density at radius 2 is 1.30 bits per heavy atom. The quantitative estimate of drug-likeness (QED) is 0.569. The van der Waals surface area contributed by atoms with Crippen molar-refractivity contribution in [2.24, 2.45) is 0 Å². The Bertz CT molecular complexity index is 885. The number of methoxy groups -OCH3 is 1. The van der Waals surface area contributed by atoms with Gasteiger partial charge in [-0.3, -0.25) is 14.6 Å². The first kappa shape index (κ1) is 23.9. The van der Waals surface area contributed by atoms with Crippen molar-refractivity contribution < 1.29 is 19.0 Å². The molecule has 0 radical (unpaired) electrons. The monoisotopic (exact) mass is 452 g/mol. The fourth-order valence-electron chi connectivity index (χ4n) is 4.82. The number of hydrogen-bond donors (Lipinski definition) is 0. The number of morpholine rings is 2. The van der Waals surface area contributed by atoms with Crippen LogP contribution in [0.15, 0.2) is 48.5 Å². The summed E-state index contributed by atoms with van der Waals surface area (Å²) >= 11 is 0. The van der Waals surface area contributed by atoms with Gasteiger partial charge in [-0.05, 0) is 29.2 Å². The average Bonchev–Trinajstić information content (AvgIpc) is 2.88. The Morgan fingerprint density at radius 3 is 1.82 bits per heavy atom. The third kappa shape index (κ3) is 5.64. The van der Waals surface area contributed by atoms with Gasteiger partial charge in [0, 0.05) is 31.7 Å². The van der Waals surface area contributed by atoms with E-state index in [0.29, 0.717) is 32.3 Å². The molecule has 33 heavy (non-hydrogen) atoms. The lowest BCUT2D eigenvalue weighted by molar-refractivity contribution is -0.0301. The van der Waals surface area contributed by atoms with Crippen molar-refractivity contribution in [2.75, 3.05) is 59.7 Å². The molecule has 0 N–H and O–H groups in total. The molecule has 0 spiro atoms. The predicted molar refractivity (Wildman–Crippen MR) is 129 cm³/mol. The number of carbonyl (C=O) groups excluding carboxylic acids is 1. The standard InChI is InChI=1S/C27H36N2O4/c1-20(2)21-4-6-23(7-5-21)27(30)26(29-14-18-33-19-15-29)25(28-12-16-32-17-13-28)22-8-10-24(31-3)11-9-22/h4-11,20,25-26H,12-19H2,1-3H3/t25-,26-/m1/s1. The van der Waals surface area contributed by atoms with E-state index in [9.17, 15) is 4.79 Å². The number of benzene rings is 2. The van der Waals surface area contributed by atoms with Crippen molar-refractivity contribution in [3.63, 3.8) is 0 Å². The summed E-state index contributed by atoms with van der Waals surface area (Å²) in [5.74, 6) is 1.42. The molecule has 2 saturated heterocycles. The van der Waals surface area contributed by atoms with Crippen LogP contribution in [0.1, 0.15) is 47.3 Å². The summed E-state index contributed by atoms with van der Waals surface area (Å²) in [6, 6.07) is 16.0. The summed E-state index contributed by atoms with van der Waals surface area (Å²) in [6.45, 7) is 10.1. The molecule has 2 heterocycles. The highest BCUT2D eigenvalue weighted by Gasteiger charge is 2.39. The van der Waals surface area contributed by atoms with E-state index in [-0.39, 0.29) is 17.9 Å². The third-order valence-electron chi connectivity index (χ3n) is 6.77. The maximum Gasteiger partial charge on any atom is 0.181 e. The van der Waals surface area contributed by atoms with Crippen LogP contribution in [0.3, 0.4) is 0 Å². The zero-order valence-corrected chi connectivity index (χ0v) is 20.0. The number of ether oxygens (including phenoxy) is 3. The van der Waals surface area contributed by atoms with Gasteiger partial charge in [0.2, 0.25) is 0 Å². The Hall–Kier alpha value is -2.25. The Labute approximate surface area is 197 Å². The molecule has 2 aliphatic rings. The second-order valence-electron chi connectivity index (χ2n) is 9.10. The number of rotatable bonds is 8. The lowest BCUT2D eigenvalue weighted by Gasteiger charge is -2.44. The molecule has 0 bridgehead atoms. The smallest absolute Gasteiger partial charge is 0.181 e. The Balaban J connectivity index is 1.74. The number of hydrogen-bond acceptors (Lipinski definition) is 6. The van der Waals surface area contributed by atoms with Gasteiger partial charge >= 0.3 is 0 Å². The molecule has 178 valence electrons. The minimum atomic E-state index is -0.301. The Morgan fingerprint density at radius 1 is 0.788 bits per heavy atom. The summed E-state index contributed by atoms with van der Waals surface area (Å²) in [5.41, 5.74) is 3.14. The van der Waals surface area contributed by atoms with E-state index in [4.69, 9.17) is 14.2 Å². The molecule has 0 amide bonds. The van der Waals surface area contributed by atoms with E-state index in [1.165, 1.54) is 5.56 Å². The van der Waals surface area contributed by atoms with E-state index in [0.717, 1.165) is 43.1 Å². The summed E-state index contributed by atoms with van der Waals surface area (Å²) in [5, 5.41) is 0. The van der Waals surface area contributed by atoms with E-state index < -0.39 is 0 Å². The molecule has 2 aliphatic heterocycles. The van der Waals surface area contributed by atoms with Crippen LogP contribution in [0.5, 0.6) is 5.75 Å². The number of Topliss-reactive ketones (excluding diaryl/α,β-unsaturated/α-hetero) is 1. The molecule has 0 saturated carbocycles. The second-order valence-corrected chi connectivity index (χ2v) is 9.10. The van der Waals surface area contributed by atoms with Crippen LogP contribution in [0.4, 0.5) is 0 Å². The van der Waals surface area contributed by atoms with Gasteiger partial charge in [-0.15, -0.1) is 0 Å². The van der Waals surface area contributed by atoms with Crippen molar-refractivity contribution in [3.8, 4) is 5.75 Å². The molecule has 2 aromatic rings. The maximum atomic E-state index is 14.1. The highest BCUT2D eigenvalue weighted by atomic mass is 16.5. The third-order valence-corrected chi connectivity index (χ3v) is 6.77. The van der Waals surface area contributed by atoms with Gasteiger partial charge in [0.05, 0.1) is 45.6 Å². The van der Waals surface area contributed by atoms with Crippen molar-refractivity contribution >= 4 is 5.78 Å². The molecule has 4 rings (SSSR count). The van der Waals surface area contributed by atoms with Gasteiger partial charge in [0.25, 0.3) is 0 Å². The first-order valence-electron chi connectivity index (χ1n) is 12.0. The summed E-state index contributed by atoms with van der Waals surface area (Å²) < 4.78 is 16.7. The second kappa shape index (κ2) is 11.3. The summed E-state index contributed by atoms with van der Waals surface area (Å²) in [6.07, 6.45) is 0. The fraction of sp³-hybridized carbons (Fsp3) is 0.519. The molecule has 6 heteroatoms. The highest BCUT2D eigenvalue weighted by molar-refractivity contribution is 6.00. The average molecular weight is 453 g/mol. The number of ketones is 1. The molecule has 2 fully saturated rings. The van der Waals surface area contributed by atoms with Crippen molar-refractivity contribution in [2.45, 2.75) is 31.8 Å². The fourth-order valence-corrected chi connectivity index (χ4v) is 4.82. The van der Waals surface area contributed by atoms with Gasteiger partial charge in [-0.1, -0.05) is 50.2 Å². The van der Waals surface area contributed by atoms with Crippen LogP contribution in [-0.2, 0) is 9.47 Å². The van der Waals surface area contributed by atoms with Crippen LogP contribution in [-0.4, -0.2) is 81.3 Å². The van der Waals surface area contributed by atoms with Crippen LogP contribution in [0.25, 0.3) is 0 Å². The zero-order valence-electron chi connectivity index (χ0n) is 20.0. The molecule has 2 aromatic carbocycles. The van der Waals surface area contributed by atoms with E-state index in [2.05, 4.69) is 47.9 Å². The molecular formula is C27H36N2O4. The first-order chi connectivity index (χ1) is 16.1. The minimum Gasteiger partial charge on any atom is -0.497 e. The minimum absolute atomic E-state index is 0.0739. The normalized spacial score (nSPS) is 19.9. The van der Waals surface area contributed by atoms with Gasteiger partial charge in [-0.2, -0.15) is 0 Å². The van der Waals surface area contributed by atoms with Gasteiger partial charge in [0.1, 0.15) is 5.75 Å². The zero-order chi connectivity index (χ0) is 23.2. The van der Waals surface area contributed by atoms with E-state index in [1.54, 1.807) is 7.11 Å². The SMILES string of the molecule is COc1ccc([C@H]([C@H](C(=O)c2ccc(C(C)C)cc2)N2CCOCC2)N2CCOCC2)cc1. The van der Waals surface area contributed by atoms with Gasteiger partial charge < -0.3 is 14.2 Å². The van der Waals surface area contributed by atoms with Crippen LogP contribution in [0, 0.1) is 0 Å². The Kier molecular flexibility index (Phi) is 8.15. The molecular weight excluding hydrogens is 416 g/mol. The molecule has 2 atom stereocenters. The molecule has 0 unspecified atom stereocenters. The van der Waals surface area contributed by atoms with Crippen LogP contribution < -0.4 is 4.74 Å².